The molecular formula is C28H32Cl2N2O4S. The molecule has 37 heavy (non-hydrogen) atoms. The zero-order chi connectivity index (χ0) is 27.5. The van der Waals surface area contributed by atoms with E-state index in [2.05, 4.69) is 25.2 Å². The summed E-state index contributed by atoms with van der Waals surface area (Å²) in [5, 5.41) is 3.74. The molecule has 0 saturated carbocycles. The lowest BCUT2D eigenvalue weighted by Gasteiger charge is -2.23. The third-order valence-electron chi connectivity index (χ3n) is 6.13. The zero-order valence-electron chi connectivity index (χ0n) is 21.8. The number of carbonyl (C=O) groups is 1. The van der Waals surface area contributed by atoms with Crippen LogP contribution in [0.4, 0.5) is 5.69 Å². The highest BCUT2D eigenvalue weighted by molar-refractivity contribution is 7.92. The van der Waals surface area contributed by atoms with Crippen LogP contribution in [0.1, 0.15) is 65.3 Å². The van der Waals surface area contributed by atoms with Gasteiger partial charge in [0.2, 0.25) is 10.0 Å². The molecule has 0 saturated heterocycles. The molecule has 3 rings (SSSR count). The summed E-state index contributed by atoms with van der Waals surface area (Å²) < 4.78 is 31.7. The van der Waals surface area contributed by atoms with Crippen LogP contribution in [0.5, 0.6) is 5.75 Å². The number of sulfonamides is 1. The lowest BCUT2D eigenvalue weighted by Crippen LogP contribution is -2.29. The van der Waals surface area contributed by atoms with Gasteiger partial charge < -0.3 is 10.1 Å². The van der Waals surface area contributed by atoms with Crippen LogP contribution in [-0.2, 0) is 16.6 Å². The minimum atomic E-state index is -3.61. The van der Waals surface area contributed by atoms with Gasteiger partial charge in [0.1, 0.15) is 5.75 Å². The van der Waals surface area contributed by atoms with E-state index in [1.807, 2.05) is 19.9 Å². The lowest BCUT2D eigenvalue weighted by molar-refractivity contribution is 0.0939. The van der Waals surface area contributed by atoms with Crippen molar-refractivity contribution < 1.29 is 17.9 Å². The molecule has 3 aromatic carbocycles. The molecule has 198 valence electrons. The Morgan fingerprint density at radius 3 is 2.08 bits per heavy atom. The Hall–Kier alpha value is -2.74. The van der Waals surface area contributed by atoms with Crippen LogP contribution in [0.3, 0.4) is 0 Å². The second-order valence-electron chi connectivity index (χ2n) is 9.39. The minimum absolute atomic E-state index is 0.0663. The number of benzene rings is 3. The number of methoxy groups -OCH3 is 1. The van der Waals surface area contributed by atoms with Crippen LogP contribution in [0, 0.1) is 6.92 Å². The highest BCUT2D eigenvalue weighted by atomic mass is 35.5. The first-order valence-corrected chi connectivity index (χ1v) is 14.4. The molecule has 1 amide bonds. The van der Waals surface area contributed by atoms with E-state index in [1.54, 1.807) is 49.6 Å². The predicted molar refractivity (Wildman–Crippen MR) is 152 cm³/mol. The highest BCUT2D eigenvalue weighted by Gasteiger charge is 2.20. The van der Waals surface area contributed by atoms with E-state index in [4.69, 9.17) is 27.9 Å². The van der Waals surface area contributed by atoms with Gasteiger partial charge in [-0.1, -0.05) is 49.2 Å². The molecule has 0 heterocycles. The van der Waals surface area contributed by atoms with Crippen LogP contribution in [-0.4, -0.2) is 27.7 Å². The average Bonchev–Trinajstić information content (AvgIpc) is 2.80. The Morgan fingerprint density at radius 2 is 1.57 bits per heavy atom. The van der Waals surface area contributed by atoms with Gasteiger partial charge >= 0.3 is 0 Å². The van der Waals surface area contributed by atoms with Gasteiger partial charge in [-0.3, -0.25) is 9.10 Å². The number of carbonyl (C=O) groups excluding carboxylic acids is 1. The maximum atomic E-state index is 13.0. The predicted octanol–water partition coefficient (Wildman–Crippen LogP) is 6.89. The fourth-order valence-electron chi connectivity index (χ4n) is 4.18. The summed E-state index contributed by atoms with van der Waals surface area (Å²) in [7, 11) is -1.95. The topological polar surface area (TPSA) is 75.7 Å². The van der Waals surface area contributed by atoms with Gasteiger partial charge in [-0.2, -0.15) is 0 Å². The SMILES string of the molecule is COc1cc(C)c([C@@H](C)NC(=O)c2ccc(CN(c3cc(Cl)cc(Cl)c3)S(C)(=O)=O)cc2)cc1C(C)C. The molecule has 0 fully saturated rings. The van der Waals surface area contributed by atoms with Crippen molar-refractivity contribution in [3.05, 3.63) is 92.5 Å². The monoisotopic (exact) mass is 562 g/mol. The van der Waals surface area contributed by atoms with Crippen LogP contribution in [0.2, 0.25) is 10.0 Å². The first-order chi connectivity index (χ1) is 17.3. The van der Waals surface area contributed by atoms with E-state index in [0.29, 0.717) is 26.9 Å². The summed E-state index contributed by atoms with van der Waals surface area (Å²) in [5.41, 5.74) is 4.70. The van der Waals surface area contributed by atoms with Crippen molar-refractivity contribution in [1.29, 1.82) is 0 Å². The van der Waals surface area contributed by atoms with Crippen LogP contribution in [0.15, 0.2) is 54.6 Å². The van der Waals surface area contributed by atoms with Gasteiger partial charge in [-0.15, -0.1) is 0 Å². The van der Waals surface area contributed by atoms with E-state index in [9.17, 15) is 13.2 Å². The Labute approximate surface area is 229 Å². The minimum Gasteiger partial charge on any atom is -0.496 e. The number of halogens is 2. The first kappa shape index (κ1) is 28.8. The number of aryl methyl sites for hydroxylation is 1. The summed E-state index contributed by atoms with van der Waals surface area (Å²) in [6, 6.07) is 15.3. The largest absolute Gasteiger partial charge is 0.496 e. The van der Waals surface area contributed by atoms with Crippen molar-refractivity contribution in [3.63, 3.8) is 0 Å². The Morgan fingerprint density at radius 1 is 0.973 bits per heavy atom. The van der Waals surface area contributed by atoms with Gasteiger partial charge in [0.05, 0.1) is 31.6 Å². The number of amides is 1. The summed E-state index contributed by atoms with van der Waals surface area (Å²) in [4.78, 5) is 13.0. The van der Waals surface area contributed by atoms with Gasteiger partial charge in [0.15, 0.2) is 0 Å². The van der Waals surface area contributed by atoms with E-state index >= 15 is 0 Å². The summed E-state index contributed by atoms with van der Waals surface area (Å²) in [5.74, 6) is 0.898. The number of ether oxygens (including phenoxy) is 1. The molecular weight excluding hydrogens is 531 g/mol. The molecule has 1 atom stereocenters. The molecule has 3 aromatic rings. The summed E-state index contributed by atoms with van der Waals surface area (Å²) >= 11 is 12.2. The zero-order valence-corrected chi connectivity index (χ0v) is 24.1. The normalized spacial score (nSPS) is 12.4. The van der Waals surface area contributed by atoms with Gasteiger partial charge in [0.25, 0.3) is 5.91 Å². The molecule has 0 bridgehead atoms. The van der Waals surface area contributed by atoms with Crippen LogP contribution in [0.25, 0.3) is 0 Å². The fourth-order valence-corrected chi connectivity index (χ4v) is 5.57. The van der Waals surface area contributed by atoms with Crippen molar-refractivity contribution in [2.75, 3.05) is 17.7 Å². The van der Waals surface area contributed by atoms with E-state index in [-0.39, 0.29) is 24.4 Å². The van der Waals surface area contributed by atoms with Crippen LogP contribution >= 0.6 is 23.2 Å². The summed E-state index contributed by atoms with van der Waals surface area (Å²) in [6.07, 6.45) is 1.12. The molecule has 1 N–H and O–H groups in total. The molecule has 6 nitrogen and oxygen atoms in total. The number of hydrogen-bond donors (Lipinski definition) is 1. The first-order valence-electron chi connectivity index (χ1n) is 11.8. The molecule has 0 aromatic heterocycles. The van der Waals surface area contributed by atoms with Crippen molar-refractivity contribution in [3.8, 4) is 5.75 Å². The lowest BCUT2D eigenvalue weighted by atomic mass is 9.93. The molecule has 0 aliphatic carbocycles. The highest BCUT2D eigenvalue weighted by Crippen LogP contribution is 2.32. The second-order valence-corrected chi connectivity index (χ2v) is 12.2. The number of rotatable bonds is 9. The third-order valence-corrected chi connectivity index (χ3v) is 7.71. The van der Waals surface area contributed by atoms with E-state index in [1.165, 1.54) is 4.31 Å². The smallest absolute Gasteiger partial charge is 0.251 e. The van der Waals surface area contributed by atoms with Gasteiger partial charge in [-0.25, -0.2) is 8.42 Å². The van der Waals surface area contributed by atoms with Crippen molar-refractivity contribution in [2.24, 2.45) is 0 Å². The molecule has 0 unspecified atom stereocenters. The van der Waals surface area contributed by atoms with E-state index in [0.717, 1.165) is 28.7 Å². The number of nitrogens with one attached hydrogen (secondary N) is 1. The maximum Gasteiger partial charge on any atom is 0.251 e. The molecule has 9 heteroatoms. The summed E-state index contributed by atoms with van der Waals surface area (Å²) in [6.45, 7) is 8.23. The standard InChI is InChI=1S/C28H32Cl2N2O4S/c1-17(2)25-15-26(18(3)11-27(25)36-5)19(4)31-28(33)21-9-7-20(8-10-21)16-32(37(6,34)35)24-13-22(29)12-23(30)14-24/h7-15,17,19H,16H2,1-6H3,(H,31,33)/t19-/m1/s1. The van der Waals surface area contributed by atoms with Crippen molar-refractivity contribution in [1.82, 2.24) is 5.32 Å². The number of nitrogens with zero attached hydrogens (tertiary/aromatic N) is 1. The molecule has 0 aliphatic heterocycles. The Kier molecular flexibility index (Phi) is 9.16. The van der Waals surface area contributed by atoms with E-state index < -0.39 is 10.0 Å². The Balaban J connectivity index is 1.78. The average molecular weight is 564 g/mol. The number of hydrogen-bond acceptors (Lipinski definition) is 4. The van der Waals surface area contributed by atoms with Gasteiger partial charge in [-0.05, 0) is 84.5 Å². The van der Waals surface area contributed by atoms with Crippen molar-refractivity contribution >= 4 is 44.8 Å². The molecule has 0 aliphatic rings. The quantitative estimate of drug-likeness (QED) is 0.308. The molecule has 0 spiro atoms. The Bertz CT molecular complexity index is 1370. The number of anilines is 1. The van der Waals surface area contributed by atoms with Crippen molar-refractivity contribution in [2.45, 2.75) is 46.2 Å². The molecule has 0 radical (unpaired) electrons. The van der Waals surface area contributed by atoms with Crippen LogP contribution < -0.4 is 14.4 Å². The third kappa shape index (κ3) is 7.18. The maximum absolute atomic E-state index is 13.0. The fraction of sp³-hybridized carbons (Fsp3) is 0.321. The van der Waals surface area contributed by atoms with Gasteiger partial charge in [0, 0.05) is 15.6 Å². The second kappa shape index (κ2) is 11.8.